The van der Waals surface area contributed by atoms with Crippen molar-refractivity contribution in [1.29, 1.82) is 0 Å². The number of hydrogen-bond acceptors (Lipinski definition) is 4. The number of unbranched alkanes of at least 4 members (excludes halogenated alkanes) is 1. The van der Waals surface area contributed by atoms with Gasteiger partial charge in [-0.05, 0) is 50.5 Å². The van der Waals surface area contributed by atoms with Crippen LogP contribution in [-0.2, 0) is 14.3 Å². The van der Waals surface area contributed by atoms with Gasteiger partial charge in [0.05, 0.1) is 12.4 Å². The Balaban J connectivity index is 2.55. The third-order valence-corrected chi connectivity index (χ3v) is 4.86. The molecule has 1 aliphatic carbocycles. The van der Waals surface area contributed by atoms with Gasteiger partial charge in [0.15, 0.2) is 0 Å². The summed E-state index contributed by atoms with van der Waals surface area (Å²) in [6.07, 6.45) is 9.75. The van der Waals surface area contributed by atoms with Gasteiger partial charge in [-0.25, -0.2) is 0 Å². The number of carboxylic acids is 1. The summed E-state index contributed by atoms with van der Waals surface area (Å²) in [4.78, 5) is 22.7. The van der Waals surface area contributed by atoms with Gasteiger partial charge in [0.25, 0.3) is 0 Å². The van der Waals surface area contributed by atoms with Crippen molar-refractivity contribution in [2.45, 2.75) is 65.7 Å². The third-order valence-electron chi connectivity index (χ3n) is 4.86. The topological polar surface area (TPSA) is 83.8 Å². The number of ketones is 1. The van der Waals surface area contributed by atoms with Gasteiger partial charge >= 0.3 is 5.97 Å². The van der Waals surface area contributed by atoms with Crippen LogP contribution >= 0.6 is 0 Å². The van der Waals surface area contributed by atoms with Gasteiger partial charge in [0.1, 0.15) is 5.78 Å². The summed E-state index contributed by atoms with van der Waals surface area (Å²) < 4.78 is 5.48. The minimum atomic E-state index is -0.785. The van der Waals surface area contributed by atoms with Crippen LogP contribution in [0.4, 0.5) is 0 Å². The molecular weight excluding hydrogens is 332 g/mol. The molecule has 1 aliphatic rings. The Morgan fingerprint density at radius 1 is 1.31 bits per heavy atom. The average Bonchev–Trinajstić information content (AvgIpc) is 2.95. The van der Waals surface area contributed by atoms with Gasteiger partial charge in [-0.2, -0.15) is 0 Å². The van der Waals surface area contributed by atoms with Gasteiger partial charge in [-0.15, -0.1) is 0 Å². The molecule has 0 aromatic rings. The Morgan fingerprint density at radius 3 is 2.69 bits per heavy atom. The van der Waals surface area contributed by atoms with Crippen molar-refractivity contribution in [3.8, 4) is 0 Å². The highest BCUT2D eigenvalue weighted by molar-refractivity contribution is 5.84. The van der Waals surface area contributed by atoms with Crippen molar-refractivity contribution in [2.75, 3.05) is 13.2 Å². The number of carbonyl (C=O) groups excluding carboxylic acids is 1. The van der Waals surface area contributed by atoms with E-state index in [9.17, 15) is 14.7 Å². The van der Waals surface area contributed by atoms with E-state index < -0.39 is 5.97 Å². The van der Waals surface area contributed by atoms with E-state index in [1.165, 1.54) is 0 Å². The fraction of sp³-hybridized carbons (Fsp3) is 0.714. The van der Waals surface area contributed by atoms with Crippen molar-refractivity contribution in [3.05, 3.63) is 24.0 Å². The predicted octanol–water partition coefficient (Wildman–Crippen LogP) is 4.68. The quantitative estimate of drug-likeness (QED) is 0.298. The Labute approximate surface area is 157 Å². The number of allylic oxidation sites excluding steroid dienone is 4. The van der Waals surface area contributed by atoms with Crippen LogP contribution in [0, 0.1) is 17.3 Å². The molecule has 5 nitrogen and oxygen atoms in total. The molecule has 0 saturated heterocycles. The highest BCUT2D eigenvalue weighted by Gasteiger charge is 2.36. The van der Waals surface area contributed by atoms with Gasteiger partial charge in [-0.1, -0.05) is 26.0 Å². The summed E-state index contributed by atoms with van der Waals surface area (Å²) in [7, 11) is 0. The van der Waals surface area contributed by atoms with Crippen LogP contribution in [0.1, 0.15) is 65.7 Å². The molecule has 1 rings (SSSR count). The maximum atomic E-state index is 12.2. The van der Waals surface area contributed by atoms with Crippen LogP contribution < -0.4 is 0 Å². The van der Waals surface area contributed by atoms with Gasteiger partial charge in [0, 0.05) is 31.3 Å². The second kappa shape index (κ2) is 11.2. The number of rotatable bonds is 12. The van der Waals surface area contributed by atoms with E-state index >= 15 is 0 Å². The second-order valence-corrected chi connectivity index (χ2v) is 7.85. The smallest absolute Gasteiger partial charge is 0.303 e. The van der Waals surface area contributed by atoms with Crippen molar-refractivity contribution in [2.24, 2.45) is 17.3 Å². The number of Topliss-reactive ketones (excluding diaryl/α,β-unsaturated/α-hetero) is 1. The maximum absolute atomic E-state index is 12.2. The lowest BCUT2D eigenvalue weighted by molar-refractivity contribution is -0.137. The zero-order valence-electron chi connectivity index (χ0n) is 16.4. The molecule has 2 N–H and O–H groups in total. The standard InChI is InChI=1S/C21H34O5/c1-4-26-15-21(2,3)14-13-19(23)17-11-12-18(22)16(17)9-7-5-6-8-10-20(24)25/h5,7,13,16-17,23H,4,6,8-12,14-15H2,1-3H3,(H,24,25)/b7-5?,19-13+/t16-,17-/m0/s1. The molecule has 1 fully saturated rings. The van der Waals surface area contributed by atoms with Gasteiger partial charge in [0.2, 0.25) is 0 Å². The van der Waals surface area contributed by atoms with E-state index in [0.29, 0.717) is 57.5 Å². The SMILES string of the molecule is CCOCC(C)(C)C/C=C(/O)[C@H]1CCC(=O)[C@H]1CC=CCCCC(=O)O. The summed E-state index contributed by atoms with van der Waals surface area (Å²) in [5.41, 5.74) is -0.0495. The molecule has 1 saturated carbocycles. The lowest BCUT2D eigenvalue weighted by Gasteiger charge is -2.23. The van der Waals surface area contributed by atoms with Crippen LogP contribution in [0.5, 0.6) is 0 Å². The lowest BCUT2D eigenvalue weighted by Crippen LogP contribution is -2.20. The number of aliphatic hydroxyl groups excluding tert-OH is 1. The van der Waals surface area contributed by atoms with E-state index in [1.54, 1.807) is 0 Å². The molecule has 0 bridgehead atoms. The molecule has 5 heteroatoms. The van der Waals surface area contributed by atoms with Gasteiger partial charge < -0.3 is 14.9 Å². The van der Waals surface area contributed by atoms with Gasteiger partial charge in [-0.3, -0.25) is 9.59 Å². The van der Waals surface area contributed by atoms with Crippen LogP contribution in [-0.4, -0.2) is 35.2 Å². The Hall–Kier alpha value is -1.62. The zero-order valence-corrected chi connectivity index (χ0v) is 16.4. The first-order chi connectivity index (χ1) is 12.3. The second-order valence-electron chi connectivity index (χ2n) is 7.85. The summed E-state index contributed by atoms with van der Waals surface area (Å²) in [6, 6.07) is 0. The fourth-order valence-electron chi connectivity index (χ4n) is 3.26. The predicted molar refractivity (Wildman–Crippen MR) is 102 cm³/mol. The molecule has 0 amide bonds. The highest BCUT2D eigenvalue weighted by Crippen LogP contribution is 2.36. The minimum Gasteiger partial charge on any atom is -0.512 e. The third kappa shape index (κ3) is 8.17. The maximum Gasteiger partial charge on any atom is 0.303 e. The van der Waals surface area contributed by atoms with Crippen LogP contribution in [0.15, 0.2) is 24.0 Å². The van der Waals surface area contributed by atoms with E-state index in [0.717, 1.165) is 0 Å². The number of hydrogen-bond donors (Lipinski definition) is 2. The number of aliphatic hydroxyl groups is 1. The fourth-order valence-corrected chi connectivity index (χ4v) is 3.26. The van der Waals surface area contributed by atoms with Crippen LogP contribution in [0.3, 0.4) is 0 Å². The van der Waals surface area contributed by atoms with Crippen molar-refractivity contribution in [1.82, 2.24) is 0 Å². The minimum absolute atomic E-state index is 0.0495. The summed E-state index contributed by atoms with van der Waals surface area (Å²) in [6.45, 7) is 7.48. The normalized spacial score (nSPS) is 21.7. The molecule has 148 valence electrons. The lowest BCUT2D eigenvalue weighted by atomic mass is 9.86. The van der Waals surface area contributed by atoms with Crippen LogP contribution in [0.2, 0.25) is 0 Å². The van der Waals surface area contributed by atoms with Crippen molar-refractivity contribution >= 4 is 11.8 Å². The first-order valence-electron chi connectivity index (χ1n) is 9.63. The monoisotopic (exact) mass is 366 g/mol. The molecular formula is C21H34O5. The molecule has 0 aliphatic heterocycles. The highest BCUT2D eigenvalue weighted by atomic mass is 16.5. The Bertz CT molecular complexity index is 518. The van der Waals surface area contributed by atoms with Crippen LogP contribution in [0.25, 0.3) is 0 Å². The Kier molecular flexibility index (Phi) is 9.63. The number of aliphatic carboxylic acids is 1. The summed E-state index contributed by atoms with van der Waals surface area (Å²) in [5.74, 6) is -0.527. The van der Waals surface area contributed by atoms with Crippen molar-refractivity contribution < 1.29 is 24.5 Å². The van der Waals surface area contributed by atoms with E-state index in [2.05, 4.69) is 13.8 Å². The molecule has 0 aromatic heterocycles. The molecule has 0 aromatic carbocycles. The van der Waals surface area contributed by atoms with E-state index in [-0.39, 0.29) is 29.5 Å². The van der Waals surface area contributed by atoms with Crippen molar-refractivity contribution in [3.63, 3.8) is 0 Å². The largest absolute Gasteiger partial charge is 0.512 e. The molecule has 0 heterocycles. The average molecular weight is 366 g/mol. The molecule has 0 spiro atoms. The molecule has 2 atom stereocenters. The first kappa shape index (κ1) is 22.4. The summed E-state index contributed by atoms with van der Waals surface area (Å²) >= 11 is 0. The molecule has 0 unspecified atom stereocenters. The first-order valence-corrected chi connectivity index (χ1v) is 9.63. The molecule has 26 heavy (non-hydrogen) atoms. The number of ether oxygens (including phenoxy) is 1. The molecule has 0 radical (unpaired) electrons. The Morgan fingerprint density at radius 2 is 2.04 bits per heavy atom. The van der Waals surface area contributed by atoms with E-state index in [1.807, 2.05) is 25.2 Å². The van der Waals surface area contributed by atoms with E-state index in [4.69, 9.17) is 9.84 Å². The number of carbonyl (C=O) groups is 2. The zero-order chi connectivity index (χ0) is 19.6. The number of carboxylic acid groups (broad SMARTS) is 1. The summed E-state index contributed by atoms with van der Waals surface area (Å²) in [5, 5.41) is 19.1.